The maximum atomic E-state index is 15.4. The zero-order valence-electron chi connectivity index (χ0n) is 22.9. The number of nitrogens with one attached hydrogen (secondary N) is 1. The predicted molar refractivity (Wildman–Crippen MR) is 148 cm³/mol. The summed E-state index contributed by atoms with van der Waals surface area (Å²) in [5.41, 5.74) is 6.16. The van der Waals surface area contributed by atoms with Crippen LogP contribution in [-0.4, -0.2) is 75.3 Å². The number of nitrogen functional groups attached to an aromatic ring is 1. The maximum absolute atomic E-state index is 15.4. The Hall–Kier alpha value is -3.88. The van der Waals surface area contributed by atoms with Crippen LogP contribution in [0.4, 0.5) is 10.3 Å². The third-order valence-corrected chi connectivity index (χ3v) is 8.17. The molecule has 1 aliphatic heterocycles. The fourth-order valence-corrected chi connectivity index (χ4v) is 6.05. The average Bonchev–Trinajstić information content (AvgIpc) is 3.51. The Labute approximate surface area is 239 Å². The molecule has 1 saturated heterocycles. The van der Waals surface area contributed by atoms with E-state index in [1.54, 1.807) is 31.2 Å². The predicted octanol–water partition coefficient (Wildman–Crippen LogP) is 2.91. The standard InChI is InChI=1S/C26H30FN6O8P/c1-4-38-23-20-22(30-26(28)31-23)33(13-29-20)24-19(27)21(34)18(40-24)12-39-42(36,32-14(2)25(35)37-3)41-17-11-7-9-15-8-5-6-10-16(15)17/h5-11,13-14,18-19,21,24,34H,4,12H2,1-3H3,(H,32,36)(H2,28,30,31)/t14-,18+,19+,21+,24+,42?/m0/s1. The number of rotatable bonds is 11. The number of hydrogen-bond donors (Lipinski definition) is 3. The number of aliphatic hydroxyl groups is 1. The molecule has 2 aromatic carbocycles. The molecule has 1 aliphatic rings. The first kappa shape index (κ1) is 29.6. The highest BCUT2D eigenvalue weighted by Crippen LogP contribution is 2.48. The molecule has 0 bridgehead atoms. The van der Waals surface area contributed by atoms with E-state index in [4.69, 9.17) is 29.0 Å². The Morgan fingerprint density at radius 3 is 2.79 bits per heavy atom. The van der Waals surface area contributed by atoms with Gasteiger partial charge >= 0.3 is 13.7 Å². The van der Waals surface area contributed by atoms with Crippen LogP contribution >= 0.6 is 7.75 Å². The first-order valence-electron chi connectivity index (χ1n) is 13.0. The van der Waals surface area contributed by atoms with Crippen molar-refractivity contribution in [3.63, 3.8) is 0 Å². The number of anilines is 1. The number of halogens is 1. The van der Waals surface area contributed by atoms with E-state index in [1.807, 2.05) is 18.2 Å². The highest BCUT2D eigenvalue weighted by molar-refractivity contribution is 7.52. The topological polar surface area (TPSA) is 182 Å². The molecule has 224 valence electrons. The molecule has 14 nitrogen and oxygen atoms in total. The molecule has 16 heteroatoms. The number of benzene rings is 2. The van der Waals surface area contributed by atoms with Gasteiger partial charge in [-0.1, -0.05) is 36.4 Å². The highest BCUT2D eigenvalue weighted by atomic mass is 31.2. The van der Waals surface area contributed by atoms with E-state index in [0.29, 0.717) is 5.39 Å². The van der Waals surface area contributed by atoms with Gasteiger partial charge in [-0.3, -0.25) is 13.9 Å². The second-order valence-corrected chi connectivity index (χ2v) is 11.1. The van der Waals surface area contributed by atoms with Crippen molar-refractivity contribution in [2.75, 3.05) is 26.1 Å². The van der Waals surface area contributed by atoms with Crippen molar-refractivity contribution in [1.82, 2.24) is 24.6 Å². The lowest BCUT2D eigenvalue weighted by molar-refractivity contribution is -0.142. The van der Waals surface area contributed by atoms with Crippen LogP contribution in [0.2, 0.25) is 0 Å². The largest absolute Gasteiger partial charge is 0.476 e. The fraction of sp³-hybridized carbons (Fsp3) is 0.385. The summed E-state index contributed by atoms with van der Waals surface area (Å²) in [5.74, 6) is -0.521. The molecule has 0 radical (unpaired) electrons. The van der Waals surface area contributed by atoms with Crippen LogP contribution in [0.25, 0.3) is 21.9 Å². The van der Waals surface area contributed by atoms with Crippen LogP contribution in [-0.2, 0) is 23.4 Å². The number of methoxy groups -OCH3 is 1. The van der Waals surface area contributed by atoms with Gasteiger partial charge in [-0.15, -0.1) is 0 Å². The number of hydrogen-bond acceptors (Lipinski definition) is 12. The summed E-state index contributed by atoms with van der Waals surface area (Å²) in [6.07, 6.45) is -5.07. The molecule has 0 amide bonds. The molecular formula is C26H30FN6O8P. The lowest BCUT2D eigenvalue weighted by atomic mass is 10.1. The van der Waals surface area contributed by atoms with E-state index in [0.717, 1.165) is 5.39 Å². The molecule has 1 unspecified atom stereocenters. The van der Waals surface area contributed by atoms with Gasteiger partial charge in [-0.2, -0.15) is 15.1 Å². The molecule has 3 heterocycles. The summed E-state index contributed by atoms with van der Waals surface area (Å²) in [5, 5.41) is 14.7. The monoisotopic (exact) mass is 604 g/mol. The van der Waals surface area contributed by atoms with Crippen molar-refractivity contribution < 1.29 is 42.1 Å². The molecule has 0 aliphatic carbocycles. The number of nitrogens with zero attached hydrogens (tertiary/aromatic N) is 4. The van der Waals surface area contributed by atoms with Crippen LogP contribution in [0.5, 0.6) is 11.6 Å². The quantitative estimate of drug-likeness (QED) is 0.168. The highest BCUT2D eigenvalue weighted by Gasteiger charge is 2.47. The van der Waals surface area contributed by atoms with Crippen molar-refractivity contribution in [3.05, 3.63) is 48.8 Å². The third kappa shape index (κ3) is 5.87. The van der Waals surface area contributed by atoms with Gasteiger partial charge in [0.25, 0.3) is 0 Å². The fourth-order valence-electron chi connectivity index (χ4n) is 4.53. The number of ether oxygens (including phenoxy) is 3. The van der Waals surface area contributed by atoms with Gasteiger partial charge in [0.2, 0.25) is 11.8 Å². The van der Waals surface area contributed by atoms with Crippen LogP contribution in [0.3, 0.4) is 0 Å². The van der Waals surface area contributed by atoms with Gasteiger partial charge in [-0.25, -0.2) is 13.9 Å². The Bertz CT molecular complexity index is 1630. The molecule has 1 fully saturated rings. The summed E-state index contributed by atoms with van der Waals surface area (Å²) >= 11 is 0. The van der Waals surface area contributed by atoms with Crippen LogP contribution in [0.15, 0.2) is 48.8 Å². The molecular weight excluding hydrogens is 574 g/mol. The van der Waals surface area contributed by atoms with Crippen molar-refractivity contribution in [2.45, 2.75) is 44.5 Å². The Morgan fingerprint density at radius 2 is 2.02 bits per heavy atom. The molecule has 6 atom stereocenters. The van der Waals surface area contributed by atoms with Crippen LogP contribution in [0.1, 0.15) is 20.1 Å². The van der Waals surface area contributed by atoms with Gasteiger partial charge in [0, 0.05) is 5.39 Å². The first-order chi connectivity index (χ1) is 20.1. The van der Waals surface area contributed by atoms with Gasteiger partial charge < -0.3 is 29.6 Å². The number of aliphatic hydroxyl groups excluding tert-OH is 1. The number of esters is 1. The molecule has 0 saturated carbocycles. The van der Waals surface area contributed by atoms with Gasteiger partial charge in [-0.05, 0) is 25.3 Å². The Kier molecular flexibility index (Phi) is 8.57. The number of nitrogens with two attached hydrogens (primary N) is 1. The SMILES string of the molecule is CCOc1nc(N)nc2c1ncn2[C@@H]1O[C@H](COP(=O)(N[C@@H](C)C(=O)OC)Oc2cccc3ccccc23)[C@@H](O)[C@H]1F. The number of imidazole rings is 1. The molecule has 42 heavy (non-hydrogen) atoms. The van der Waals surface area contributed by atoms with Gasteiger partial charge in [0.15, 0.2) is 23.6 Å². The molecule has 4 N–H and O–H groups in total. The lowest BCUT2D eigenvalue weighted by Gasteiger charge is -2.24. The van der Waals surface area contributed by atoms with E-state index in [-0.39, 0.29) is 35.3 Å². The lowest BCUT2D eigenvalue weighted by Crippen LogP contribution is -2.36. The maximum Gasteiger partial charge on any atom is 0.459 e. The molecule has 0 spiro atoms. The second-order valence-electron chi connectivity index (χ2n) is 9.38. The normalized spacial score (nSPS) is 22.6. The average molecular weight is 605 g/mol. The molecule has 2 aromatic heterocycles. The van der Waals surface area contributed by atoms with E-state index < -0.39 is 51.0 Å². The first-order valence-corrected chi connectivity index (χ1v) is 14.6. The number of fused-ring (bicyclic) bond motifs is 2. The summed E-state index contributed by atoms with van der Waals surface area (Å²) < 4.78 is 58.1. The van der Waals surface area contributed by atoms with Crippen LogP contribution < -0.4 is 20.1 Å². The third-order valence-electron chi connectivity index (χ3n) is 6.54. The minimum Gasteiger partial charge on any atom is -0.476 e. The van der Waals surface area contributed by atoms with Crippen molar-refractivity contribution in [1.29, 1.82) is 0 Å². The number of alkyl halides is 1. The summed E-state index contributed by atoms with van der Waals surface area (Å²) in [6.45, 7) is 2.88. The van der Waals surface area contributed by atoms with Crippen molar-refractivity contribution in [2.24, 2.45) is 0 Å². The van der Waals surface area contributed by atoms with E-state index in [1.165, 1.54) is 24.9 Å². The zero-order valence-corrected chi connectivity index (χ0v) is 23.8. The molecule has 5 rings (SSSR count). The number of aromatic nitrogens is 4. The van der Waals surface area contributed by atoms with E-state index in [2.05, 4.69) is 20.0 Å². The second kappa shape index (κ2) is 12.2. The minimum atomic E-state index is -4.34. The zero-order chi connectivity index (χ0) is 30.0. The summed E-state index contributed by atoms with van der Waals surface area (Å²) in [7, 11) is -3.17. The van der Waals surface area contributed by atoms with Crippen molar-refractivity contribution >= 4 is 41.6 Å². The van der Waals surface area contributed by atoms with E-state index >= 15 is 4.39 Å². The molecule has 4 aromatic rings. The van der Waals surface area contributed by atoms with Gasteiger partial charge in [0.05, 0.1) is 26.7 Å². The smallest absolute Gasteiger partial charge is 0.459 e. The Balaban J connectivity index is 1.39. The van der Waals surface area contributed by atoms with Crippen molar-refractivity contribution in [3.8, 4) is 11.6 Å². The summed E-state index contributed by atoms with van der Waals surface area (Å²) in [6, 6.07) is 11.3. The number of carbonyl (C=O) groups excluding carboxylic acids is 1. The van der Waals surface area contributed by atoms with E-state index in [9.17, 15) is 14.5 Å². The number of carbonyl (C=O) groups is 1. The summed E-state index contributed by atoms with van der Waals surface area (Å²) in [4.78, 5) is 24.5. The van der Waals surface area contributed by atoms with Gasteiger partial charge in [0.1, 0.15) is 24.0 Å². The van der Waals surface area contributed by atoms with Crippen LogP contribution in [0, 0.1) is 0 Å². The Morgan fingerprint density at radius 1 is 1.26 bits per heavy atom. The minimum absolute atomic E-state index is 0.116.